The highest BCUT2D eigenvalue weighted by Gasteiger charge is 2.52. The van der Waals surface area contributed by atoms with Crippen LogP contribution in [0.25, 0.3) is 0 Å². The molecule has 0 bridgehead atoms. The second kappa shape index (κ2) is 7.15. The predicted octanol–water partition coefficient (Wildman–Crippen LogP) is 3.39. The highest BCUT2D eigenvalue weighted by atomic mass is 19.1. The Kier molecular flexibility index (Phi) is 5.41. The van der Waals surface area contributed by atoms with Gasteiger partial charge in [0.1, 0.15) is 11.6 Å². The molecule has 1 fully saturated rings. The Bertz CT molecular complexity index is 637. The number of aliphatic carboxylic acids is 1. The minimum atomic E-state index is -1.37. The molecule has 132 valence electrons. The number of carboxylic acid groups (broad SMARTS) is 1. The Morgan fingerprint density at radius 2 is 2.12 bits per heavy atom. The fourth-order valence-electron chi connectivity index (χ4n) is 2.97. The van der Waals surface area contributed by atoms with Crippen molar-refractivity contribution in [3.05, 3.63) is 35.4 Å². The van der Waals surface area contributed by atoms with Crippen LogP contribution in [0.5, 0.6) is 0 Å². The second-order valence-electron chi connectivity index (χ2n) is 6.29. The van der Waals surface area contributed by atoms with Crippen LogP contribution in [0.1, 0.15) is 38.2 Å². The minimum absolute atomic E-state index is 0.0102. The number of ether oxygens (including phenoxy) is 1. The summed E-state index contributed by atoms with van der Waals surface area (Å²) < 4.78 is 32.4. The summed E-state index contributed by atoms with van der Waals surface area (Å²) in [7, 11) is 0. The summed E-state index contributed by atoms with van der Waals surface area (Å²) >= 11 is 0. The van der Waals surface area contributed by atoms with Crippen LogP contribution >= 0.6 is 0 Å². The van der Waals surface area contributed by atoms with E-state index in [2.05, 4.69) is 0 Å². The molecule has 24 heavy (non-hydrogen) atoms. The molecule has 0 saturated carbocycles. The smallest absolute Gasteiger partial charge is 0.409 e. The summed E-state index contributed by atoms with van der Waals surface area (Å²) in [5.74, 6) is -3.47. The fourth-order valence-corrected chi connectivity index (χ4v) is 2.97. The number of carboxylic acids is 1. The number of benzene rings is 1. The maximum absolute atomic E-state index is 14.1. The summed E-state index contributed by atoms with van der Waals surface area (Å²) in [6, 6.07) is 3.05. The number of rotatable bonds is 5. The van der Waals surface area contributed by atoms with Crippen molar-refractivity contribution in [2.24, 2.45) is 5.41 Å². The largest absolute Gasteiger partial charge is 0.481 e. The van der Waals surface area contributed by atoms with Gasteiger partial charge in [-0.25, -0.2) is 13.6 Å². The number of likely N-dealkylation sites (tertiary alicyclic amines) is 1. The number of hydrogen-bond donors (Lipinski definition) is 1. The van der Waals surface area contributed by atoms with E-state index in [-0.39, 0.29) is 25.3 Å². The third-order valence-electron chi connectivity index (χ3n) is 4.50. The van der Waals surface area contributed by atoms with Gasteiger partial charge in [0.15, 0.2) is 0 Å². The molecular formula is C17H21F2NO4. The lowest BCUT2D eigenvalue weighted by molar-refractivity contribution is -0.147. The fraction of sp³-hybridized carbons (Fsp3) is 0.529. The molecule has 1 saturated heterocycles. The number of unbranched alkanes of at least 4 members (excludes halogenated alkanes) is 1. The van der Waals surface area contributed by atoms with E-state index in [4.69, 9.17) is 4.74 Å². The van der Waals surface area contributed by atoms with Crippen LogP contribution in [0, 0.1) is 17.0 Å². The van der Waals surface area contributed by atoms with Crippen molar-refractivity contribution in [1.29, 1.82) is 0 Å². The molecule has 2 atom stereocenters. The Morgan fingerprint density at radius 1 is 1.42 bits per heavy atom. The van der Waals surface area contributed by atoms with Gasteiger partial charge in [-0.15, -0.1) is 0 Å². The van der Waals surface area contributed by atoms with Gasteiger partial charge in [0.2, 0.25) is 0 Å². The molecule has 5 nitrogen and oxygen atoms in total. The third-order valence-corrected chi connectivity index (χ3v) is 4.50. The van der Waals surface area contributed by atoms with E-state index in [1.54, 1.807) is 0 Å². The van der Waals surface area contributed by atoms with Crippen LogP contribution in [0.15, 0.2) is 18.2 Å². The summed E-state index contributed by atoms with van der Waals surface area (Å²) in [5.41, 5.74) is -1.28. The number of amides is 1. The molecule has 1 heterocycles. The number of carbonyl (C=O) groups is 2. The summed E-state index contributed by atoms with van der Waals surface area (Å²) in [4.78, 5) is 25.1. The topological polar surface area (TPSA) is 66.8 Å². The molecule has 0 aromatic heterocycles. The molecular weight excluding hydrogens is 320 g/mol. The Morgan fingerprint density at radius 3 is 2.71 bits per heavy atom. The summed E-state index contributed by atoms with van der Waals surface area (Å²) in [6.07, 6.45) is 0.968. The predicted molar refractivity (Wildman–Crippen MR) is 82.7 cm³/mol. The molecule has 0 radical (unpaired) electrons. The van der Waals surface area contributed by atoms with Gasteiger partial charge in [0.25, 0.3) is 0 Å². The average Bonchev–Trinajstić information content (AvgIpc) is 2.87. The Hall–Kier alpha value is -2.18. The molecule has 7 heteroatoms. The van der Waals surface area contributed by atoms with E-state index in [0.29, 0.717) is 6.42 Å². The Labute approximate surface area is 139 Å². The zero-order valence-corrected chi connectivity index (χ0v) is 13.7. The number of nitrogens with zero attached hydrogens (tertiary/aromatic N) is 1. The van der Waals surface area contributed by atoms with E-state index >= 15 is 0 Å². The SMILES string of the molecule is CCCCOC(=O)N1C[C@@H](c2ccc(F)cc2F)[C@](C)(C(=O)O)C1. The number of halogens is 2. The first-order chi connectivity index (χ1) is 11.3. The van der Waals surface area contributed by atoms with Crippen molar-refractivity contribution < 1.29 is 28.2 Å². The zero-order valence-electron chi connectivity index (χ0n) is 13.7. The quantitative estimate of drug-likeness (QED) is 0.834. The lowest BCUT2D eigenvalue weighted by atomic mass is 9.76. The van der Waals surface area contributed by atoms with Crippen LogP contribution in [0.2, 0.25) is 0 Å². The first-order valence-electron chi connectivity index (χ1n) is 7.89. The van der Waals surface area contributed by atoms with Gasteiger partial charge in [-0.3, -0.25) is 4.79 Å². The third kappa shape index (κ3) is 3.49. The maximum Gasteiger partial charge on any atom is 0.409 e. The summed E-state index contributed by atoms with van der Waals surface area (Å²) in [6.45, 7) is 3.59. The van der Waals surface area contributed by atoms with Gasteiger partial charge in [0, 0.05) is 25.1 Å². The van der Waals surface area contributed by atoms with Crippen molar-refractivity contribution in [1.82, 2.24) is 4.90 Å². The molecule has 1 aliphatic rings. The van der Waals surface area contributed by atoms with Crippen LogP contribution in [-0.4, -0.2) is 41.8 Å². The van der Waals surface area contributed by atoms with Gasteiger partial charge in [-0.05, 0) is 25.0 Å². The molecule has 0 unspecified atom stereocenters. The molecule has 1 amide bonds. The first kappa shape index (κ1) is 18.2. The average molecular weight is 341 g/mol. The van der Waals surface area contributed by atoms with Crippen LogP contribution in [0.4, 0.5) is 13.6 Å². The lowest BCUT2D eigenvalue weighted by Gasteiger charge is -2.25. The van der Waals surface area contributed by atoms with Gasteiger partial charge >= 0.3 is 12.1 Å². The van der Waals surface area contributed by atoms with Crippen molar-refractivity contribution in [2.45, 2.75) is 32.6 Å². The molecule has 1 N–H and O–H groups in total. The number of hydrogen-bond acceptors (Lipinski definition) is 3. The monoisotopic (exact) mass is 341 g/mol. The van der Waals surface area contributed by atoms with Crippen molar-refractivity contribution in [3.8, 4) is 0 Å². The van der Waals surface area contributed by atoms with E-state index in [9.17, 15) is 23.5 Å². The molecule has 0 spiro atoms. The van der Waals surface area contributed by atoms with Gasteiger partial charge < -0.3 is 14.7 Å². The number of carbonyl (C=O) groups excluding carboxylic acids is 1. The lowest BCUT2D eigenvalue weighted by Crippen LogP contribution is -2.36. The van der Waals surface area contributed by atoms with Gasteiger partial charge in [0.05, 0.1) is 12.0 Å². The summed E-state index contributed by atoms with van der Waals surface area (Å²) in [5, 5.41) is 9.59. The van der Waals surface area contributed by atoms with E-state index in [0.717, 1.165) is 18.6 Å². The van der Waals surface area contributed by atoms with Crippen molar-refractivity contribution >= 4 is 12.1 Å². The van der Waals surface area contributed by atoms with E-state index < -0.39 is 35.0 Å². The molecule has 0 aliphatic carbocycles. The molecule has 2 rings (SSSR count). The molecule has 1 aromatic carbocycles. The highest BCUT2D eigenvalue weighted by molar-refractivity contribution is 5.79. The van der Waals surface area contributed by atoms with Gasteiger partial charge in [-0.1, -0.05) is 19.4 Å². The van der Waals surface area contributed by atoms with Crippen LogP contribution < -0.4 is 0 Å². The maximum atomic E-state index is 14.1. The van der Waals surface area contributed by atoms with Crippen LogP contribution in [0.3, 0.4) is 0 Å². The van der Waals surface area contributed by atoms with Crippen LogP contribution in [-0.2, 0) is 9.53 Å². The molecule has 1 aromatic rings. The highest BCUT2D eigenvalue weighted by Crippen LogP contribution is 2.44. The van der Waals surface area contributed by atoms with E-state index in [1.165, 1.54) is 17.9 Å². The molecule has 1 aliphatic heterocycles. The van der Waals surface area contributed by atoms with Gasteiger partial charge in [-0.2, -0.15) is 0 Å². The standard InChI is InChI=1S/C17H21F2NO4/c1-3-4-7-24-16(23)20-9-13(17(2,10-20)15(21)22)12-6-5-11(18)8-14(12)19/h5-6,8,13H,3-4,7,9-10H2,1-2H3,(H,21,22)/t13-,17+/m0/s1. The van der Waals surface area contributed by atoms with Crippen molar-refractivity contribution in [3.63, 3.8) is 0 Å². The van der Waals surface area contributed by atoms with E-state index in [1.807, 2.05) is 6.92 Å². The Balaban J connectivity index is 2.25. The second-order valence-corrected chi connectivity index (χ2v) is 6.29. The zero-order chi connectivity index (χ0) is 17.9. The normalized spacial score (nSPS) is 23.3. The van der Waals surface area contributed by atoms with Crippen molar-refractivity contribution in [2.75, 3.05) is 19.7 Å². The minimum Gasteiger partial charge on any atom is -0.481 e. The first-order valence-corrected chi connectivity index (χ1v) is 7.89.